The number of likely N-dealkylation sites (tertiary alicyclic amines) is 1. The van der Waals surface area contributed by atoms with Crippen molar-refractivity contribution in [3.8, 4) is 6.07 Å². The number of carbonyl (C=O) groups is 2. The van der Waals surface area contributed by atoms with E-state index in [4.69, 9.17) is 10.5 Å². The maximum absolute atomic E-state index is 13.5. The number of fused-ring (bicyclic) bond motifs is 3. The Morgan fingerprint density at radius 1 is 1.16 bits per heavy atom. The molecule has 2 N–H and O–H groups in total. The number of benzene rings is 1. The number of hydrogen-bond donors (Lipinski definition) is 1. The maximum Gasteiger partial charge on any atom is 0.491 e. The number of nitrogens with zero attached hydrogens (tertiary/aromatic N) is 3. The van der Waals surface area contributed by atoms with Gasteiger partial charge in [-0.05, 0) is 62.3 Å². The van der Waals surface area contributed by atoms with Gasteiger partial charge in [0, 0.05) is 36.4 Å². The van der Waals surface area contributed by atoms with E-state index in [1.54, 1.807) is 24.3 Å². The van der Waals surface area contributed by atoms with Gasteiger partial charge >= 0.3 is 12.1 Å². The molecule has 2 bridgehead atoms. The minimum Gasteiger partial charge on any atom is -0.432 e. The van der Waals surface area contributed by atoms with Gasteiger partial charge in [-0.1, -0.05) is 0 Å². The second-order valence-corrected chi connectivity index (χ2v) is 12.6. The van der Waals surface area contributed by atoms with Gasteiger partial charge in [0.15, 0.2) is 15.6 Å². The number of sulfone groups is 1. The van der Waals surface area contributed by atoms with Gasteiger partial charge in [-0.3, -0.25) is 9.69 Å². The van der Waals surface area contributed by atoms with Gasteiger partial charge in [0.25, 0.3) is 0 Å². The summed E-state index contributed by atoms with van der Waals surface area (Å²) < 4.78 is 67.0. The van der Waals surface area contributed by atoms with Gasteiger partial charge < -0.3 is 15.4 Å². The number of esters is 1. The average Bonchev–Trinajstić information content (AvgIpc) is 3.32. The molecular formula is C24H27F3N4O5S. The zero-order valence-electron chi connectivity index (χ0n) is 20.0. The van der Waals surface area contributed by atoms with Crippen LogP contribution in [0.5, 0.6) is 0 Å². The molecule has 9 nitrogen and oxygen atoms in total. The van der Waals surface area contributed by atoms with Crippen LogP contribution >= 0.6 is 0 Å². The van der Waals surface area contributed by atoms with E-state index >= 15 is 0 Å². The van der Waals surface area contributed by atoms with Crippen LogP contribution in [0.15, 0.2) is 29.2 Å². The largest absolute Gasteiger partial charge is 0.491 e. The average molecular weight is 541 g/mol. The lowest BCUT2D eigenvalue weighted by atomic mass is 9.84. The Morgan fingerprint density at radius 3 is 2.27 bits per heavy atom. The highest BCUT2D eigenvalue weighted by Crippen LogP contribution is 2.59. The Bertz CT molecular complexity index is 1250. The Morgan fingerprint density at radius 2 is 1.76 bits per heavy atom. The van der Waals surface area contributed by atoms with Gasteiger partial charge in [0.1, 0.15) is 6.04 Å². The molecule has 6 atom stereocenters. The Balaban J connectivity index is 1.31. The van der Waals surface area contributed by atoms with Crippen LogP contribution in [0.3, 0.4) is 0 Å². The molecule has 4 fully saturated rings. The third-order valence-electron chi connectivity index (χ3n) is 8.26. The number of amides is 1. The number of alkyl halides is 3. The van der Waals surface area contributed by atoms with Crippen molar-refractivity contribution in [3.05, 3.63) is 24.3 Å². The van der Waals surface area contributed by atoms with Crippen molar-refractivity contribution in [2.24, 2.45) is 17.6 Å². The summed E-state index contributed by atoms with van der Waals surface area (Å²) in [6.45, 7) is 0. The van der Waals surface area contributed by atoms with Crippen LogP contribution in [-0.2, 0) is 24.2 Å². The lowest BCUT2D eigenvalue weighted by molar-refractivity contribution is -0.217. The number of piperidine rings is 2. The molecule has 200 valence electrons. The quantitative estimate of drug-likeness (QED) is 0.562. The third kappa shape index (κ3) is 4.33. The highest BCUT2D eigenvalue weighted by Gasteiger charge is 2.72. The number of nitriles is 1. The van der Waals surface area contributed by atoms with Crippen molar-refractivity contribution >= 4 is 27.4 Å². The highest BCUT2D eigenvalue weighted by atomic mass is 32.2. The summed E-state index contributed by atoms with van der Waals surface area (Å²) in [4.78, 5) is 28.5. The minimum absolute atomic E-state index is 0.0542. The van der Waals surface area contributed by atoms with E-state index in [0.29, 0.717) is 12.8 Å². The second-order valence-electron chi connectivity index (χ2n) is 10.5. The molecule has 2 unspecified atom stereocenters. The second kappa shape index (κ2) is 8.59. The molecule has 3 heterocycles. The van der Waals surface area contributed by atoms with Crippen molar-refractivity contribution in [1.29, 1.82) is 5.26 Å². The first-order chi connectivity index (χ1) is 17.3. The minimum atomic E-state index is -5.21. The third-order valence-corrected chi connectivity index (χ3v) is 9.39. The number of nitrogens with two attached hydrogens (primary N) is 1. The lowest BCUT2D eigenvalue weighted by Gasteiger charge is -2.43. The van der Waals surface area contributed by atoms with E-state index in [1.807, 2.05) is 6.07 Å². The van der Waals surface area contributed by atoms with Gasteiger partial charge in [-0.2, -0.15) is 18.4 Å². The summed E-state index contributed by atoms with van der Waals surface area (Å²) in [5.41, 5.74) is 5.52. The summed E-state index contributed by atoms with van der Waals surface area (Å²) in [5, 5.41) is 9.56. The fourth-order valence-electron chi connectivity index (χ4n) is 6.50. The first kappa shape index (κ1) is 25.8. The first-order valence-electron chi connectivity index (χ1n) is 12.1. The molecule has 0 radical (unpaired) electrons. The fraction of sp³-hybridized carbons (Fsp3) is 0.625. The van der Waals surface area contributed by atoms with Crippen LogP contribution in [-0.4, -0.2) is 67.5 Å². The van der Waals surface area contributed by atoms with Crippen molar-refractivity contribution in [1.82, 2.24) is 4.90 Å². The Kier molecular flexibility index (Phi) is 5.99. The number of halogens is 3. The molecule has 5 rings (SSSR count). The lowest BCUT2D eigenvalue weighted by Crippen LogP contribution is -2.58. The predicted molar refractivity (Wildman–Crippen MR) is 123 cm³/mol. The molecule has 3 saturated heterocycles. The molecule has 1 amide bonds. The zero-order chi connectivity index (χ0) is 26.9. The van der Waals surface area contributed by atoms with Crippen molar-refractivity contribution in [2.45, 2.75) is 79.5 Å². The summed E-state index contributed by atoms with van der Waals surface area (Å²) >= 11 is 0. The molecule has 4 aliphatic rings. The molecule has 1 aromatic rings. The van der Waals surface area contributed by atoms with Crippen LogP contribution in [0.1, 0.15) is 38.5 Å². The molecule has 3 aliphatic heterocycles. The monoisotopic (exact) mass is 540 g/mol. The van der Waals surface area contributed by atoms with E-state index in [2.05, 4.69) is 4.90 Å². The van der Waals surface area contributed by atoms with Gasteiger partial charge in [0.05, 0.1) is 17.0 Å². The molecule has 37 heavy (non-hydrogen) atoms. The summed E-state index contributed by atoms with van der Waals surface area (Å²) in [7, 11) is -3.32. The number of carbonyl (C=O) groups excluding carboxylic acids is 2. The first-order valence-corrected chi connectivity index (χ1v) is 14.0. The molecule has 13 heteroatoms. The number of anilines is 1. The molecular weight excluding hydrogens is 513 g/mol. The van der Waals surface area contributed by atoms with Gasteiger partial charge in [-0.25, -0.2) is 13.2 Å². The number of rotatable bonds is 5. The standard InChI is InChI=1S/C24H27F3N4O5S/c1-37(34,35)19-6-4-15(5-7-19)30-16-2-3-17(30)9-13(8-16)20(29)21(32)31-18(12-28)10-14-11-23(14,31)36-22(33)24(25,26)27/h4-7,13-14,16-18,20H,2-3,8-11,29H2,1H3/t13?,14-,16?,17?,18+,20+,23+/m1/s1. The highest BCUT2D eigenvalue weighted by molar-refractivity contribution is 7.90. The van der Waals surface area contributed by atoms with E-state index in [9.17, 15) is 36.4 Å². The van der Waals surface area contributed by atoms with E-state index in [0.717, 1.165) is 29.7 Å². The molecule has 1 aliphatic carbocycles. The van der Waals surface area contributed by atoms with Crippen LogP contribution < -0.4 is 10.6 Å². The summed E-state index contributed by atoms with van der Waals surface area (Å²) in [5.74, 6) is -3.85. The topological polar surface area (TPSA) is 134 Å². The van der Waals surface area contributed by atoms with Crippen LogP contribution in [0, 0.1) is 23.2 Å². The number of hydrogen-bond acceptors (Lipinski definition) is 8. The number of ether oxygens (including phenoxy) is 1. The van der Waals surface area contributed by atoms with Crippen LogP contribution in [0.4, 0.5) is 18.9 Å². The maximum atomic E-state index is 13.5. The van der Waals surface area contributed by atoms with Crippen molar-refractivity contribution in [2.75, 3.05) is 11.2 Å². The van der Waals surface area contributed by atoms with Crippen LogP contribution in [0.25, 0.3) is 0 Å². The van der Waals surface area contributed by atoms with Gasteiger partial charge in [-0.15, -0.1) is 0 Å². The molecule has 1 saturated carbocycles. The summed E-state index contributed by atoms with van der Waals surface area (Å²) in [6.07, 6.45) is -1.06. The van der Waals surface area contributed by atoms with Crippen molar-refractivity contribution < 1.29 is 35.9 Å². The summed E-state index contributed by atoms with van der Waals surface area (Å²) in [6, 6.07) is 6.65. The molecule has 0 aromatic heterocycles. The normalized spacial score (nSPS) is 33.5. The van der Waals surface area contributed by atoms with Gasteiger partial charge in [0.2, 0.25) is 5.91 Å². The predicted octanol–water partition coefficient (Wildman–Crippen LogP) is 2.11. The van der Waals surface area contributed by atoms with E-state index in [1.165, 1.54) is 0 Å². The van der Waals surface area contributed by atoms with Crippen molar-refractivity contribution in [3.63, 3.8) is 0 Å². The van der Waals surface area contributed by atoms with Crippen LogP contribution in [0.2, 0.25) is 0 Å². The fourth-order valence-corrected chi connectivity index (χ4v) is 7.13. The molecule has 1 aromatic carbocycles. The Labute approximate surface area is 212 Å². The molecule has 0 spiro atoms. The van der Waals surface area contributed by atoms with E-state index in [-0.39, 0.29) is 35.7 Å². The van der Waals surface area contributed by atoms with E-state index < -0.39 is 51.6 Å². The SMILES string of the molecule is CS(=O)(=O)c1ccc(N2C3CCC2CC([C@H](N)C(=O)N2[C@H](C#N)C[C@@H]4C[C@]42OC(=O)C(F)(F)F)C3)cc1. The smallest absolute Gasteiger partial charge is 0.432 e. The Hall–Kier alpha value is -2.85. The zero-order valence-corrected chi connectivity index (χ0v) is 20.8.